The highest BCUT2D eigenvalue weighted by atomic mass is 16.5. The summed E-state index contributed by atoms with van der Waals surface area (Å²) in [6, 6.07) is 6.19. The van der Waals surface area contributed by atoms with Crippen LogP contribution >= 0.6 is 0 Å². The van der Waals surface area contributed by atoms with Crippen LogP contribution in [0.15, 0.2) is 23.0 Å². The van der Waals surface area contributed by atoms with E-state index in [1.165, 1.54) is 0 Å². The van der Waals surface area contributed by atoms with Gasteiger partial charge >= 0.3 is 0 Å². The summed E-state index contributed by atoms with van der Waals surface area (Å²) in [5.74, 6) is 0.167. The van der Waals surface area contributed by atoms with Crippen LogP contribution in [0.1, 0.15) is 61.1 Å². The Morgan fingerprint density at radius 2 is 1.88 bits per heavy atom. The maximum atomic E-state index is 13.2. The Kier molecular flexibility index (Phi) is 5.40. The van der Waals surface area contributed by atoms with Crippen LogP contribution in [0.2, 0.25) is 0 Å². The lowest BCUT2D eigenvalue weighted by atomic mass is 9.75. The normalized spacial score (nSPS) is 18.1. The largest absolute Gasteiger partial charge is 0.378 e. The standard InChI is InChI=1S/C26H32N4O3/c1-5-6-18-11-17-12-19(13-20(24(17)25(32)27-18)29-7-9-33-10-8-29)30-21-14-26(3,4)15-22(31)23(21)16(2)28-30/h11-13H,5-10,14-15H2,1-4H3,(H,27,32). The monoisotopic (exact) mass is 448 g/mol. The summed E-state index contributed by atoms with van der Waals surface area (Å²) in [5.41, 5.74) is 5.08. The average molecular weight is 449 g/mol. The van der Waals surface area contributed by atoms with Crippen molar-refractivity contribution in [1.29, 1.82) is 0 Å². The van der Waals surface area contributed by atoms with Crippen molar-refractivity contribution in [1.82, 2.24) is 14.8 Å². The van der Waals surface area contributed by atoms with E-state index in [1.807, 2.05) is 17.7 Å². The summed E-state index contributed by atoms with van der Waals surface area (Å²) in [7, 11) is 0. The number of morpholine rings is 1. The zero-order valence-corrected chi connectivity index (χ0v) is 20.0. The molecule has 1 fully saturated rings. The first-order valence-electron chi connectivity index (χ1n) is 11.9. The molecule has 1 N–H and O–H groups in total. The van der Waals surface area contributed by atoms with Gasteiger partial charge in [0.05, 0.1) is 46.9 Å². The highest BCUT2D eigenvalue weighted by Crippen LogP contribution is 2.38. The van der Waals surface area contributed by atoms with Crippen molar-refractivity contribution in [2.75, 3.05) is 31.2 Å². The molecule has 7 heteroatoms. The van der Waals surface area contributed by atoms with Gasteiger partial charge in [-0.2, -0.15) is 5.10 Å². The van der Waals surface area contributed by atoms with Gasteiger partial charge in [-0.3, -0.25) is 9.59 Å². The first-order valence-corrected chi connectivity index (χ1v) is 11.9. The van der Waals surface area contributed by atoms with Crippen molar-refractivity contribution in [3.05, 3.63) is 51.2 Å². The van der Waals surface area contributed by atoms with Crippen molar-refractivity contribution in [2.24, 2.45) is 5.41 Å². The van der Waals surface area contributed by atoms with E-state index in [2.05, 4.69) is 42.8 Å². The molecule has 0 unspecified atom stereocenters. The maximum absolute atomic E-state index is 13.2. The maximum Gasteiger partial charge on any atom is 0.258 e. The van der Waals surface area contributed by atoms with Crippen LogP contribution in [0.3, 0.4) is 0 Å². The van der Waals surface area contributed by atoms with Crippen LogP contribution in [0.25, 0.3) is 16.5 Å². The van der Waals surface area contributed by atoms with Crippen LogP contribution < -0.4 is 10.5 Å². The summed E-state index contributed by atoms with van der Waals surface area (Å²) in [4.78, 5) is 31.4. The van der Waals surface area contributed by atoms with Crippen LogP contribution in [0, 0.1) is 12.3 Å². The molecule has 7 nitrogen and oxygen atoms in total. The number of anilines is 1. The van der Waals surface area contributed by atoms with Crippen LogP contribution in [0.4, 0.5) is 5.69 Å². The lowest BCUT2D eigenvalue weighted by Crippen LogP contribution is -2.37. The van der Waals surface area contributed by atoms with Crippen molar-refractivity contribution in [3.63, 3.8) is 0 Å². The zero-order valence-electron chi connectivity index (χ0n) is 20.0. The van der Waals surface area contributed by atoms with Crippen LogP contribution in [0.5, 0.6) is 0 Å². The van der Waals surface area contributed by atoms with E-state index in [0.29, 0.717) is 25.0 Å². The highest BCUT2D eigenvalue weighted by molar-refractivity contribution is 6.00. The Morgan fingerprint density at radius 3 is 2.61 bits per heavy atom. The smallest absolute Gasteiger partial charge is 0.258 e. The fraction of sp³-hybridized carbons (Fsp3) is 0.500. The summed E-state index contributed by atoms with van der Waals surface area (Å²) < 4.78 is 7.50. The predicted octanol–water partition coefficient (Wildman–Crippen LogP) is 3.97. The lowest BCUT2D eigenvalue weighted by Gasteiger charge is -2.31. The molecule has 1 saturated heterocycles. The van der Waals surface area contributed by atoms with E-state index in [4.69, 9.17) is 9.84 Å². The Bertz CT molecular complexity index is 1300. The topological polar surface area (TPSA) is 80.2 Å². The lowest BCUT2D eigenvalue weighted by molar-refractivity contribution is 0.0910. The number of carbonyl (C=O) groups excluding carboxylic acids is 1. The van der Waals surface area contributed by atoms with Gasteiger partial charge in [-0.05, 0) is 48.8 Å². The molecule has 0 saturated carbocycles. The zero-order chi connectivity index (χ0) is 23.3. The molecule has 1 aliphatic carbocycles. The molecule has 174 valence electrons. The number of hydrogen-bond donors (Lipinski definition) is 1. The Hall–Kier alpha value is -2.93. The minimum atomic E-state index is -0.108. The van der Waals surface area contributed by atoms with Crippen molar-refractivity contribution >= 4 is 22.2 Å². The number of aromatic nitrogens is 3. The first-order chi connectivity index (χ1) is 15.8. The van der Waals surface area contributed by atoms with Gasteiger partial charge in [0.2, 0.25) is 0 Å². The van der Waals surface area contributed by atoms with Gasteiger partial charge in [0.1, 0.15) is 0 Å². The van der Waals surface area contributed by atoms with Crippen molar-refractivity contribution in [3.8, 4) is 5.69 Å². The summed E-state index contributed by atoms with van der Waals surface area (Å²) in [5, 5.41) is 6.43. The molecule has 0 amide bonds. The SMILES string of the molecule is CCCc1cc2cc(-n3nc(C)c4c3CC(C)(C)CC4=O)cc(N3CCOCC3)c2c(=O)[nH]1. The van der Waals surface area contributed by atoms with Crippen molar-refractivity contribution in [2.45, 2.75) is 53.4 Å². The van der Waals surface area contributed by atoms with E-state index in [0.717, 1.165) is 71.8 Å². The number of ketones is 1. The molecular formula is C26H32N4O3. The van der Waals surface area contributed by atoms with E-state index in [9.17, 15) is 9.59 Å². The summed E-state index contributed by atoms with van der Waals surface area (Å²) in [6.45, 7) is 11.0. The highest BCUT2D eigenvalue weighted by Gasteiger charge is 2.36. The second-order valence-corrected chi connectivity index (χ2v) is 10.2. The van der Waals surface area contributed by atoms with Gasteiger partial charge in [0, 0.05) is 25.2 Å². The fourth-order valence-electron chi connectivity index (χ4n) is 5.36. The summed E-state index contributed by atoms with van der Waals surface area (Å²) in [6.07, 6.45) is 3.11. The van der Waals surface area contributed by atoms with Gasteiger partial charge in [-0.1, -0.05) is 27.2 Å². The number of H-pyrrole nitrogens is 1. The average Bonchev–Trinajstić information content (AvgIpc) is 3.09. The van der Waals surface area contributed by atoms with E-state index >= 15 is 0 Å². The third kappa shape index (κ3) is 3.88. The number of carbonyl (C=O) groups is 1. The molecule has 0 bridgehead atoms. The molecule has 1 aromatic carbocycles. The number of hydrogen-bond acceptors (Lipinski definition) is 5. The Labute approximate surface area is 193 Å². The van der Waals surface area contributed by atoms with Gasteiger partial charge < -0.3 is 14.6 Å². The third-order valence-electron chi connectivity index (χ3n) is 6.80. The Morgan fingerprint density at radius 1 is 1.12 bits per heavy atom. The van der Waals surface area contributed by atoms with Gasteiger partial charge in [-0.25, -0.2) is 4.68 Å². The third-order valence-corrected chi connectivity index (χ3v) is 6.80. The number of ether oxygens (including phenoxy) is 1. The molecule has 3 aromatic rings. The number of aromatic amines is 1. The number of Topliss-reactive ketones (excluding diaryl/α,β-unsaturated/α-hetero) is 1. The number of rotatable bonds is 4. The minimum absolute atomic E-state index is 0.0565. The molecule has 2 aliphatic rings. The van der Waals surface area contributed by atoms with Gasteiger partial charge in [-0.15, -0.1) is 0 Å². The molecule has 33 heavy (non-hydrogen) atoms. The molecule has 0 atom stereocenters. The molecule has 0 spiro atoms. The molecular weight excluding hydrogens is 416 g/mol. The van der Waals surface area contributed by atoms with Gasteiger partial charge in [0.25, 0.3) is 5.56 Å². The van der Waals surface area contributed by atoms with E-state index < -0.39 is 0 Å². The number of nitrogens with zero attached hydrogens (tertiary/aromatic N) is 3. The Balaban J connectivity index is 1.75. The quantitative estimate of drug-likeness (QED) is 0.653. The van der Waals surface area contributed by atoms with Crippen LogP contribution in [-0.2, 0) is 17.6 Å². The van der Waals surface area contributed by atoms with Crippen molar-refractivity contribution < 1.29 is 9.53 Å². The molecule has 1 aliphatic heterocycles. The number of nitrogens with one attached hydrogen (secondary N) is 1. The number of pyridine rings is 1. The van der Waals surface area contributed by atoms with Gasteiger partial charge in [0.15, 0.2) is 5.78 Å². The minimum Gasteiger partial charge on any atom is -0.378 e. The van der Waals surface area contributed by atoms with E-state index in [1.54, 1.807) is 0 Å². The molecule has 5 rings (SSSR count). The number of fused-ring (bicyclic) bond motifs is 2. The molecule has 2 aromatic heterocycles. The fourth-order valence-corrected chi connectivity index (χ4v) is 5.36. The second kappa shape index (κ2) is 8.13. The first kappa shape index (κ1) is 21.9. The van der Waals surface area contributed by atoms with Crippen LogP contribution in [-0.4, -0.2) is 46.9 Å². The predicted molar refractivity (Wildman–Crippen MR) is 130 cm³/mol. The number of benzene rings is 1. The van der Waals surface area contributed by atoms with E-state index in [-0.39, 0.29) is 16.8 Å². The summed E-state index contributed by atoms with van der Waals surface area (Å²) >= 11 is 0. The number of aryl methyl sites for hydroxylation is 2. The molecule has 0 radical (unpaired) electrons. The second-order valence-electron chi connectivity index (χ2n) is 10.2. The molecule has 3 heterocycles.